The number of fused-ring (bicyclic) bond motifs is 9. The summed E-state index contributed by atoms with van der Waals surface area (Å²) in [5.41, 5.74) is 15.8. The maximum absolute atomic E-state index is 6.66. The van der Waals surface area contributed by atoms with Gasteiger partial charge in [-0.05, 0) is 112 Å². The van der Waals surface area contributed by atoms with Crippen LogP contribution in [0.2, 0.25) is 0 Å². The minimum Gasteiger partial charge on any atom is -0.456 e. The Labute approximate surface area is 328 Å². The number of rotatable bonds is 5. The Bertz CT molecular complexity index is 3510. The van der Waals surface area contributed by atoms with Crippen LogP contribution in [0.5, 0.6) is 0 Å². The van der Waals surface area contributed by atoms with Gasteiger partial charge in [0.1, 0.15) is 11.2 Å². The van der Waals surface area contributed by atoms with Gasteiger partial charge < -0.3 is 13.6 Å². The summed E-state index contributed by atoms with van der Waals surface area (Å²) in [6.07, 6.45) is 0. The molecular weight excluding hydrogens is 693 g/mol. The van der Waals surface area contributed by atoms with Crippen LogP contribution in [0.15, 0.2) is 211 Å². The van der Waals surface area contributed by atoms with E-state index < -0.39 is 0 Å². The first-order chi connectivity index (χ1) is 28.3. The molecule has 0 radical (unpaired) electrons. The number of aromatic nitrogens is 2. The zero-order chi connectivity index (χ0) is 37.5. The van der Waals surface area contributed by atoms with Crippen molar-refractivity contribution >= 4 is 65.6 Å². The molecule has 0 unspecified atom stereocenters. The molecule has 3 aromatic heterocycles. The lowest BCUT2D eigenvalue weighted by Gasteiger charge is -2.12. The van der Waals surface area contributed by atoms with Crippen molar-refractivity contribution in [2.45, 2.75) is 0 Å². The van der Waals surface area contributed by atoms with Gasteiger partial charge in [0.25, 0.3) is 0 Å². The first-order valence-corrected chi connectivity index (χ1v) is 19.5. The van der Waals surface area contributed by atoms with Crippen LogP contribution in [-0.4, -0.2) is 9.13 Å². The summed E-state index contributed by atoms with van der Waals surface area (Å²) < 4.78 is 11.4. The molecule has 3 heterocycles. The number of nitrogens with zero attached hydrogens (tertiary/aromatic N) is 2. The Morgan fingerprint density at radius 2 is 0.807 bits per heavy atom. The smallest absolute Gasteiger partial charge is 0.136 e. The molecule has 0 spiro atoms. The van der Waals surface area contributed by atoms with Gasteiger partial charge in [0.15, 0.2) is 0 Å². The first-order valence-electron chi connectivity index (χ1n) is 19.5. The molecule has 0 aliphatic heterocycles. The van der Waals surface area contributed by atoms with Crippen LogP contribution in [0.25, 0.3) is 110 Å². The lowest BCUT2D eigenvalue weighted by atomic mass is 9.93. The van der Waals surface area contributed by atoms with Crippen LogP contribution in [0.3, 0.4) is 0 Å². The molecule has 0 fully saturated rings. The maximum Gasteiger partial charge on any atom is 0.136 e. The molecule has 0 bridgehead atoms. The molecule has 0 N–H and O–H groups in total. The van der Waals surface area contributed by atoms with Crippen molar-refractivity contribution in [1.29, 1.82) is 0 Å². The van der Waals surface area contributed by atoms with Gasteiger partial charge in [0, 0.05) is 43.7 Å². The van der Waals surface area contributed by atoms with E-state index in [1.165, 1.54) is 54.7 Å². The maximum atomic E-state index is 6.66. The van der Waals surface area contributed by atoms with E-state index in [1.807, 2.05) is 0 Å². The number of hydrogen-bond acceptors (Lipinski definition) is 1. The lowest BCUT2D eigenvalue weighted by molar-refractivity contribution is 0.669. The van der Waals surface area contributed by atoms with Crippen molar-refractivity contribution in [1.82, 2.24) is 9.13 Å². The predicted molar refractivity (Wildman–Crippen MR) is 239 cm³/mol. The molecule has 0 saturated heterocycles. The summed E-state index contributed by atoms with van der Waals surface area (Å²) in [4.78, 5) is 0. The van der Waals surface area contributed by atoms with Gasteiger partial charge in [-0.25, -0.2) is 0 Å². The molecule has 0 atom stereocenters. The fourth-order valence-electron chi connectivity index (χ4n) is 9.13. The third-order valence-electron chi connectivity index (χ3n) is 11.7. The quantitative estimate of drug-likeness (QED) is 0.173. The summed E-state index contributed by atoms with van der Waals surface area (Å²) in [5, 5.41) is 7.16. The number of para-hydroxylation sites is 4. The highest BCUT2D eigenvalue weighted by atomic mass is 16.3. The Morgan fingerprint density at radius 3 is 1.54 bits per heavy atom. The Kier molecular flexibility index (Phi) is 6.93. The van der Waals surface area contributed by atoms with E-state index >= 15 is 0 Å². The fourth-order valence-corrected chi connectivity index (χ4v) is 9.13. The van der Waals surface area contributed by atoms with E-state index in [0.717, 1.165) is 55.6 Å². The zero-order valence-electron chi connectivity index (χ0n) is 30.9. The van der Waals surface area contributed by atoms with E-state index in [9.17, 15) is 0 Å². The van der Waals surface area contributed by atoms with Crippen molar-refractivity contribution in [2.24, 2.45) is 0 Å². The third kappa shape index (κ3) is 4.92. The molecule has 3 heteroatoms. The van der Waals surface area contributed by atoms with Crippen molar-refractivity contribution < 1.29 is 4.42 Å². The van der Waals surface area contributed by atoms with Gasteiger partial charge in [-0.3, -0.25) is 0 Å². The zero-order valence-corrected chi connectivity index (χ0v) is 30.9. The van der Waals surface area contributed by atoms with Crippen LogP contribution in [0.4, 0.5) is 0 Å². The summed E-state index contributed by atoms with van der Waals surface area (Å²) in [6, 6.07) is 74.4. The molecule has 3 nitrogen and oxygen atoms in total. The van der Waals surface area contributed by atoms with E-state index in [2.05, 4.69) is 215 Å². The fraction of sp³-hybridized carbons (Fsp3) is 0. The summed E-state index contributed by atoms with van der Waals surface area (Å²) in [6.45, 7) is 0. The standard InChI is InChI=1S/C54H34N2O/c1-3-14-35(15-4-1)36-16-13-19-41(30-36)56-49-24-11-8-21-43(49)47-32-38(27-29-51(47)56)45-33-39(34-53-54(45)44-22-9-12-25-52(44)57-53)37-26-28-50-46(31-37)42-20-7-10-23-48(42)55(50)40-17-5-2-6-18-40/h1-34H. The van der Waals surface area contributed by atoms with Gasteiger partial charge in [-0.1, -0.05) is 127 Å². The molecule has 9 aromatic carbocycles. The largest absolute Gasteiger partial charge is 0.456 e. The number of furan rings is 1. The first kappa shape index (κ1) is 31.7. The van der Waals surface area contributed by atoms with Crippen molar-refractivity contribution in [3.63, 3.8) is 0 Å². The third-order valence-corrected chi connectivity index (χ3v) is 11.7. The van der Waals surface area contributed by atoms with Gasteiger partial charge in [-0.2, -0.15) is 0 Å². The second-order valence-corrected chi connectivity index (χ2v) is 14.9. The van der Waals surface area contributed by atoms with Crippen LogP contribution in [0, 0.1) is 0 Å². The lowest BCUT2D eigenvalue weighted by Crippen LogP contribution is -1.94. The Hall–Kier alpha value is -7.62. The molecule has 266 valence electrons. The SMILES string of the molecule is c1ccc(-c2cccc(-n3c4ccccc4c4cc(-c5cc(-c6ccc7c(c6)c6ccccc6n7-c6ccccc6)cc6oc7ccccc7c56)ccc43)c2)cc1. The normalized spacial score (nSPS) is 11.9. The summed E-state index contributed by atoms with van der Waals surface area (Å²) in [5.74, 6) is 0. The molecule has 57 heavy (non-hydrogen) atoms. The molecule has 0 saturated carbocycles. The van der Waals surface area contributed by atoms with Crippen molar-refractivity contribution in [3.8, 4) is 44.8 Å². The minimum atomic E-state index is 0.885. The number of benzene rings is 9. The topological polar surface area (TPSA) is 23.0 Å². The molecule has 12 aromatic rings. The molecule has 0 aliphatic rings. The Morgan fingerprint density at radius 1 is 0.281 bits per heavy atom. The average molecular weight is 727 g/mol. The van der Waals surface area contributed by atoms with E-state index in [-0.39, 0.29) is 0 Å². The van der Waals surface area contributed by atoms with Crippen molar-refractivity contribution in [2.75, 3.05) is 0 Å². The van der Waals surface area contributed by atoms with Crippen LogP contribution in [-0.2, 0) is 0 Å². The minimum absolute atomic E-state index is 0.885. The average Bonchev–Trinajstić information content (AvgIpc) is 3.94. The van der Waals surface area contributed by atoms with E-state index in [0.29, 0.717) is 0 Å². The van der Waals surface area contributed by atoms with Gasteiger partial charge in [0.2, 0.25) is 0 Å². The van der Waals surface area contributed by atoms with Gasteiger partial charge >= 0.3 is 0 Å². The molecular formula is C54H34N2O. The Balaban J connectivity index is 1.07. The molecule has 0 aliphatic carbocycles. The monoisotopic (exact) mass is 726 g/mol. The van der Waals surface area contributed by atoms with Gasteiger partial charge in [0.05, 0.1) is 22.1 Å². The predicted octanol–water partition coefficient (Wildman–Crippen LogP) is 14.8. The van der Waals surface area contributed by atoms with Crippen LogP contribution < -0.4 is 0 Å². The molecule has 0 amide bonds. The summed E-state index contributed by atoms with van der Waals surface area (Å²) in [7, 11) is 0. The van der Waals surface area contributed by atoms with Crippen LogP contribution >= 0.6 is 0 Å². The van der Waals surface area contributed by atoms with Crippen LogP contribution in [0.1, 0.15) is 0 Å². The van der Waals surface area contributed by atoms with E-state index in [1.54, 1.807) is 0 Å². The highest BCUT2D eigenvalue weighted by molar-refractivity contribution is 6.17. The van der Waals surface area contributed by atoms with E-state index in [4.69, 9.17) is 4.42 Å². The van der Waals surface area contributed by atoms with Crippen molar-refractivity contribution in [3.05, 3.63) is 206 Å². The highest BCUT2D eigenvalue weighted by Crippen LogP contribution is 2.43. The number of hydrogen-bond donors (Lipinski definition) is 0. The second-order valence-electron chi connectivity index (χ2n) is 14.9. The second kappa shape index (κ2) is 12.5. The highest BCUT2D eigenvalue weighted by Gasteiger charge is 2.19. The molecule has 12 rings (SSSR count). The summed E-state index contributed by atoms with van der Waals surface area (Å²) >= 11 is 0. The van der Waals surface area contributed by atoms with Gasteiger partial charge in [-0.15, -0.1) is 0 Å².